The summed E-state index contributed by atoms with van der Waals surface area (Å²) in [5.41, 5.74) is 0.783. The zero-order valence-electron chi connectivity index (χ0n) is 20.3. The molecule has 9 nitrogen and oxygen atoms in total. The van der Waals surface area contributed by atoms with Crippen LogP contribution in [0.15, 0.2) is 52.1 Å². The first-order valence-electron chi connectivity index (χ1n) is 11.1. The fraction of sp³-hybridized carbons (Fsp3) is 0.308. The van der Waals surface area contributed by atoms with E-state index < -0.39 is 23.5 Å². The molecule has 36 heavy (non-hydrogen) atoms. The molecule has 1 aromatic heterocycles. The van der Waals surface area contributed by atoms with E-state index in [2.05, 4.69) is 0 Å². The lowest BCUT2D eigenvalue weighted by atomic mass is 9.94. The molecule has 0 bridgehead atoms. The highest BCUT2D eigenvalue weighted by Gasteiger charge is 2.44. The summed E-state index contributed by atoms with van der Waals surface area (Å²) in [6.07, 6.45) is 0.501. The van der Waals surface area contributed by atoms with Gasteiger partial charge in [-0.05, 0) is 36.2 Å². The van der Waals surface area contributed by atoms with Crippen LogP contribution in [0.3, 0.4) is 0 Å². The summed E-state index contributed by atoms with van der Waals surface area (Å²) in [5, 5.41) is 11.8. The van der Waals surface area contributed by atoms with Gasteiger partial charge in [-0.15, -0.1) is 0 Å². The second-order valence-electron chi connectivity index (χ2n) is 8.09. The van der Waals surface area contributed by atoms with Gasteiger partial charge in [-0.25, -0.2) is 0 Å². The number of benzene rings is 2. The lowest BCUT2D eigenvalue weighted by Gasteiger charge is -2.27. The van der Waals surface area contributed by atoms with Crippen LogP contribution in [0.2, 0.25) is 5.02 Å². The van der Waals surface area contributed by atoms with E-state index >= 15 is 0 Å². The predicted molar refractivity (Wildman–Crippen MR) is 132 cm³/mol. The Morgan fingerprint density at radius 3 is 2.42 bits per heavy atom. The second kappa shape index (κ2) is 10.5. The lowest BCUT2D eigenvalue weighted by Crippen LogP contribution is -2.32. The van der Waals surface area contributed by atoms with Crippen LogP contribution in [0.25, 0.3) is 11.0 Å². The fourth-order valence-electron chi connectivity index (χ4n) is 4.35. The Labute approximate surface area is 212 Å². The number of rotatable bonds is 10. The number of nitrogens with zero attached hydrogens (tertiary/aromatic N) is 1. The highest BCUT2D eigenvalue weighted by atomic mass is 35.5. The van der Waals surface area contributed by atoms with E-state index in [1.807, 2.05) is 0 Å². The third-order valence-electron chi connectivity index (χ3n) is 6.01. The summed E-state index contributed by atoms with van der Waals surface area (Å²) in [4.78, 5) is 28.3. The van der Waals surface area contributed by atoms with Crippen LogP contribution >= 0.6 is 11.6 Å². The number of carbonyl (C=O) groups excluding carboxylic acids is 2. The van der Waals surface area contributed by atoms with Crippen molar-refractivity contribution in [3.63, 3.8) is 0 Å². The van der Waals surface area contributed by atoms with Crippen molar-refractivity contribution in [2.75, 3.05) is 41.6 Å². The molecule has 1 aliphatic heterocycles. The minimum Gasteiger partial charge on any atom is -0.503 e. The van der Waals surface area contributed by atoms with E-state index in [9.17, 15) is 14.7 Å². The molecule has 10 heteroatoms. The number of Topliss-reactive ketones (excluding diaryl/α,β-unsaturated/α-hetero) is 1. The molecule has 1 aliphatic rings. The molecule has 1 N–H and O–H groups in total. The Balaban J connectivity index is 1.82. The lowest BCUT2D eigenvalue weighted by molar-refractivity contribution is -0.129. The Kier molecular flexibility index (Phi) is 7.42. The van der Waals surface area contributed by atoms with Gasteiger partial charge in [0.15, 0.2) is 34.4 Å². The van der Waals surface area contributed by atoms with Gasteiger partial charge in [-0.3, -0.25) is 9.59 Å². The molecule has 3 aromatic rings. The number of ketones is 1. The van der Waals surface area contributed by atoms with Crippen molar-refractivity contribution < 1.29 is 38.1 Å². The van der Waals surface area contributed by atoms with Gasteiger partial charge in [0, 0.05) is 36.7 Å². The van der Waals surface area contributed by atoms with Gasteiger partial charge in [-0.1, -0.05) is 17.7 Å². The normalized spacial score (nSPS) is 15.6. The van der Waals surface area contributed by atoms with E-state index in [1.165, 1.54) is 32.3 Å². The van der Waals surface area contributed by atoms with Crippen molar-refractivity contribution in [1.82, 2.24) is 4.90 Å². The van der Waals surface area contributed by atoms with Gasteiger partial charge >= 0.3 is 0 Å². The molecule has 1 atom stereocenters. The molecule has 0 saturated heterocycles. The summed E-state index contributed by atoms with van der Waals surface area (Å²) in [6.45, 7) is 0.646. The number of aliphatic hydroxyl groups is 1. The van der Waals surface area contributed by atoms with Gasteiger partial charge in [0.25, 0.3) is 5.91 Å². The maximum absolute atomic E-state index is 13.7. The molecule has 0 aliphatic carbocycles. The second-order valence-corrected chi connectivity index (χ2v) is 8.53. The number of hydrogen-bond donors (Lipinski definition) is 1. The van der Waals surface area contributed by atoms with Crippen molar-refractivity contribution in [2.24, 2.45) is 0 Å². The maximum atomic E-state index is 13.7. The molecule has 190 valence electrons. The standard InChI is InChI=1S/C26H26ClNO8/c1-32-9-5-8-28-22(14-6-7-17(33-2)18(11-14)34-3)21(24(30)26(28)31)23(29)19-12-15-10-16(27)13-20(35-4)25(15)36-19/h6-7,10-13,22,30H,5,8-9H2,1-4H3. The maximum Gasteiger partial charge on any atom is 0.290 e. The van der Waals surface area contributed by atoms with E-state index in [-0.39, 0.29) is 17.9 Å². The molecule has 1 unspecified atom stereocenters. The number of amides is 1. The van der Waals surface area contributed by atoms with Crippen LogP contribution in [-0.2, 0) is 9.53 Å². The topological polar surface area (TPSA) is 108 Å². The zero-order chi connectivity index (χ0) is 26.0. The van der Waals surface area contributed by atoms with Crippen LogP contribution < -0.4 is 14.2 Å². The Morgan fingerprint density at radius 2 is 1.75 bits per heavy atom. The molecule has 4 rings (SSSR count). The highest BCUT2D eigenvalue weighted by molar-refractivity contribution is 6.31. The Morgan fingerprint density at radius 1 is 1.03 bits per heavy atom. The van der Waals surface area contributed by atoms with Crippen molar-refractivity contribution in [2.45, 2.75) is 12.5 Å². The van der Waals surface area contributed by atoms with E-state index in [4.69, 9.17) is 35.0 Å². The number of halogens is 1. The number of hydrogen-bond acceptors (Lipinski definition) is 8. The predicted octanol–water partition coefficient (Wildman–Crippen LogP) is 4.73. The summed E-state index contributed by atoms with van der Waals surface area (Å²) < 4.78 is 27.0. The third-order valence-corrected chi connectivity index (χ3v) is 6.23. The minimum absolute atomic E-state index is 0.0656. The molecule has 0 spiro atoms. The molecule has 0 saturated carbocycles. The molecular formula is C26H26ClNO8. The van der Waals surface area contributed by atoms with Crippen LogP contribution in [0, 0.1) is 0 Å². The molecule has 2 heterocycles. The largest absolute Gasteiger partial charge is 0.503 e. The number of furan rings is 1. The van der Waals surface area contributed by atoms with Gasteiger partial charge in [0.05, 0.1) is 32.9 Å². The molecule has 0 fully saturated rings. The molecule has 2 aromatic carbocycles. The number of carbonyl (C=O) groups is 2. The summed E-state index contributed by atoms with van der Waals surface area (Å²) in [6, 6.07) is 8.90. The number of methoxy groups -OCH3 is 4. The van der Waals surface area contributed by atoms with Crippen molar-refractivity contribution in [1.29, 1.82) is 0 Å². The van der Waals surface area contributed by atoms with Gasteiger partial charge in [-0.2, -0.15) is 0 Å². The van der Waals surface area contributed by atoms with E-state index in [0.717, 1.165) is 0 Å². The van der Waals surface area contributed by atoms with E-state index in [1.54, 1.807) is 37.4 Å². The summed E-state index contributed by atoms with van der Waals surface area (Å²) >= 11 is 6.16. The van der Waals surface area contributed by atoms with Crippen molar-refractivity contribution >= 4 is 34.3 Å². The number of fused-ring (bicyclic) bond motifs is 1. The SMILES string of the molecule is COCCCN1C(=O)C(O)=C(C(=O)c2cc3cc(Cl)cc(OC)c3o2)C1c1ccc(OC)c(OC)c1. The Hall–Kier alpha value is -3.69. The quantitative estimate of drug-likeness (QED) is 0.305. The smallest absolute Gasteiger partial charge is 0.290 e. The van der Waals surface area contributed by atoms with Crippen molar-refractivity contribution in [3.8, 4) is 17.2 Å². The first kappa shape index (κ1) is 25.4. The molecule has 1 amide bonds. The van der Waals surface area contributed by atoms with Crippen LogP contribution in [-0.4, -0.2) is 63.3 Å². The first-order chi connectivity index (χ1) is 17.3. The average molecular weight is 516 g/mol. The summed E-state index contributed by atoms with van der Waals surface area (Å²) in [5.74, 6) is -0.740. The summed E-state index contributed by atoms with van der Waals surface area (Å²) in [7, 11) is 6.02. The first-order valence-corrected chi connectivity index (χ1v) is 11.5. The molecule has 0 radical (unpaired) electrons. The number of ether oxygens (including phenoxy) is 4. The van der Waals surface area contributed by atoms with Gasteiger partial charge in [0.2, 0.25) is 5.78 Å². The van der Waals surface area contributed by atoms with Gasteiger partial charge in [0.1, 0.15) is 0 Å². The van der Waals surface area contributed by atoms with Crippen molar-refractivity contribution in [3.05, 3.63) is 64.1 Å². The average Bonchev–Trinajstić information content (AvgIpc) is 3.42. The monoisotopic (exact) mass is 515 g/mol. The zero-order valence-corrected chi connectivity index (χ0v) is 21.0. The fourth-order valence-corrected chi connectivity index (χ4v) is 4.56. The van der Waals surface area contributed by atoms with Crippen LogP contribution in [0.1, 0.15) is 28.6 Å². The minimum atomic E-state index is -0.889. The molecular weight excluding hydrogens is 490 g/mol. The van der Waals surface area contributed by atoms with E-state index in [0.29, 0.717) is 51.8 Å². The highest BCUT2D eigenvalue weighted by Crippen LogP contribution is 2.42. The van der Waals surface area contributed by atoms with Crippen LogP contribution in [0.5, 0.6) is 17.2 Å². The number of aliphatic hydroxyl groups excluding tert-OH is 1. The van der Waals surface area contributed by atoms with Crippen LogP contribution in [0.4, 0.5) is 0 Å². The van der Waals surface area contributed by atoms with Gasteiger partial charge < -0.3 is 33.4 Å². The third kappa shape index (κ3) is 4.47. The Bertz CT molecular complexity index is 1350.